The highest BCUT2D eigenvalue weighted by atomic mass is 35.5. The Bertz CT molecular complexity index is 1470. The Hall–Kier alpha value is -3.68. The molecule has 0 radical (unpaired) electrons. The smallest absolute Gasteiger partial charge is 0.224 e. The first-order valence-corrected chi connectivity index (χ1v) is 12.9. The van der Waals surface area contributed by atoms with E-state index in [0.717, 1.165) is 45.3 Å². The molecule has 1 amide bonds. The summed E-state index contributed by atoms with van der Waals surface area (Å²) in [5.41, 5.74) is 5.38. The molecule has 188 valence electrons. The summed E-state index contributed by atoms with van der Waals surface area (Å²) in [7, 11) is 0. The molecule has 0 saturated carbocycles. The maximum atomic E-state index is 11.9. The standard InChI is InChI=1S/C29H27ClN4O2S/c1-4-26(35)32-22-12-11-19(16-17(22)2)34-28(27(33-29(34)37)23-10-5-6-15-31-23)25-14-13-24(36-25)20-8-7-9-21(30)18(20)3/h5-16,27-28H,4H2,1-3H3,(H,32,35)(H,33,37)/t27-,28-/m0/s1. The first kappa shape index (κ1) is 25.0. The SMILES string of the molecule is CCC(=O)Nc1ccc(N2C(=S)N[C@@H](c3ccccn3)[C@@H]2c2ccc(-c3cccc(Cl)c3C)o2)cc1C. The van der Waals surface area contributed by atoms with Gasteiger partial charge >= 0.3 is 0 Å². The van der Waals surface area contributed by atoms with Crippen LogP contribution in [0.3, 0.4) is 0 Å². The fraction of sp³-hybridized carbons (Fsp3) is 0.207. The first-order valence-electron chi connectivity index (χ1n) is 12.1. The predicted octanol–water partition coefficient (Wildman–Crippen LogP) is 7.14. The highest BCUT2D eigenvalue weighted by Gasteiger charge is 2.42. The molecule has 0 aliphatic carbocycles. The van der Waals surface area contributed by atoms with E-state index in [1.165, 1.54) is 0 Å². The minimum atomic E-state index is -0.286. The topological polar surface area (TPSA) is 70.4 Å². The van der Waals surface area contributed by atoms with Gasteiger partial charge in [0.25, 0.3) is 0 Å². The number of carbonyl (C=O) groups excluding carboxylic acids is 1. The van der Waals surface area contributed by atoms with E-state index in [0.29, 0.717) is 16.6 Å². The van der Waals surface area contributed by atoms with Crippen LogP contribution in [0.25, 0.3) is 11.3 Å². The molecule has 37 heavy (non-hydrogen) atoms. The quantitative estimate of drug-likeness (QED) is 0.258. The van der Waals surface area contributed by atoms with Crippen molar-refractivity contribution in [2.24, 2.45) is 0 Å². The zero-order chi connectivity index (χ0) is 26.1. The second-order valence-corrected chi connectivity index (χ2v) is 9.81. The normalized spacial score (nSPS) is 17.1. The highest BCUT2D eigenvalue weighted by molar-refractivity contribution is 7.80. The summed E-state index contributed by atoms with van der Waals surface area (Å²) in [5.74, 6) is 1.46. The minimum absolute atomic E-state index is 0.0262. The number of nitrogens with zero attached hydrogens (tertiary/aromatic N) is 2. The van der Waals surface area contributed by atoms with E-state index in [2.05, 4.69) is 20.5 Å². The van der Waals surface area contributed by atoms with Crippen molar-refractivity contribution >= 4 is 46.2 Å². The van der Waals surface area contributed by atoms with Gasteiger partial charge in [-0.1, -0.05) is 36.7 Å². The minimum Gasteiger partial charge on any atom is -0.459 e. The summed E-state index contributed by atoms with van der Waals surface area (Å²) in [6, 6.07) is 21.0. The number of hydrogen-bond acceptors (Lipinski definition) is 4. The number of amides is 1. The van der Waals surface area contributed by atoms with Crippen LogP contribution < -0.4 is 15.5 Å². The van der Waals surface area contributed by atoms with Crippen LogP contribution in [0.1, 0.15) is 48.0 Å². The molecule has 0 spiro atoms. The molecule has 5 rings (SSSR count). The predicted molar refractivity (Wildman–Crippen MR) is 152 cm³/mol. The van der Waals surface area contributed by atoms with Gasteiger partial charge in [-0.2, -0.15) is 0 Å². The molecule has 1 saturated heterocycles. The van der Waals surface area contributed by atoms with E-state index in [9.17, 15) is 4.79 Å². The van der Waals surface area contributed by atoms with Gasteiger partial charge in [0.1, 0.15) is 17.6 Å². The molecule has 8 heteroatoms. The van der Waals surface area contributed by atoms with Gasteiger partial charge in [-0.3, -0.25) is 9.78 Å². The van der Waals surface area contributed by atoms with E-state index in [4.69, 9.17) is 28.2 Å². The maximum Gasteiger partial charge on any atom is 0.224 e. The van der Waals surface area contributed by atoms with Crippen LogP contribution in [0.2, 0.25) is 5.02 Å². The van der Waals surface area contributed by atoms with Crippen LogP contribution in [0.5, 0.6) is 0 Å². The third-order valence-electron chi connectivity index (χ3n) is 6.63. The van der Waals surface area contributed by atoms with Gasteiger partial charge in [-0.15, -0.1) is 0 Å². The lowest BCUT2D eigenvalue weighted by Crippen LogP contribution is -2.29. The zero-order valence-corrected chi connectivity index (χ0v) is 22.4. The molecular weight excluding hydrogens is 504 g/mol. The van der Waals surface area contributed by atoms with Crippen molar-refractivity contribution < 1.29 is 9.21 Å². The van der Waals surface area contributed by atoms with Gasteiger partial charge in [0.05, 0.1) is 11.7 Å². The fourth-order valence-electron chi connectivity index (χ4n) is 4.63. The third kappa shape index (κ3) is 4.84. The van der Waals surface area contributed by atoms with E-state index < -0.39 is 0 Å². The number of aromatic nitrogens is 1. The summed E-state index contributed by atoms with van der Waals surface area (Å²) >= 11 is 12.2. The Kier molecular flexibility index (Phi) is 7.00. The van der Waals surface area contributed by atoms with E-state index in [1.807, 2.05) is 87.5 Å². The van der Waals surface area contributed by atoms with Crippen molar-refractivity contribution in [2.45, 2.75) is 39.3 Å². The second kappa shape index (κ2) is 10.4. The van der Waals surface area contributed by atoms with Crippen LogP contribution >= 0.6 is 23.8 Å². The zero-order valence-electron chi connectivity index (χ0n) is 20.8. The van der Waals surface area contributed by atoms with Crippen molar-refractivity contribution in [2.75, 3.05) is 10.2 Å². The monoisotopic (exact) mass is 530 g/mol. The van der Waals surface area contributed by atoms with E-state index >= 15 is 0 Å². The number of aryl methyl sites for hydroxylation is 1. The second-order valence-electron chi connectivity index (χ2n) is 9.01. The molecule has 3 heterocycles. The van der Waals surface area contributed by atoms with Crippen LogP contribution in [-0.4, -0.2) is 16.0 Å². The molecule has 6 nitrogen and oxygen atoms in total. The van der Waals surface area contributed by atoms with E-state index in [-0.39, 0.29) is 18.0 Å². The molecular formula is C29H27ClN4O2S. The summed E-state index contributed by atoms with van der Waals surface area (Å²) in [6.45, 7) is 5.79. The number of thiocarbonyl (C=S) groups is 1. The molecule has 2 aromatic carbocycles. The molecule has 1 fully saturated rings. The molecule has 1 aliphatic rings. The van der Waals surface area contributed by atoms with Crippen LogP contribution in [0.15, 0.2) is 77.3 Å². The number of carbonyl (C=O) groups is 1. The number of nitrogens with one attached hydrogen (secondary N) is 2. The molecule has 0 bridgehead atoms. The summed E-state index contributed by atoms with van der Waals surface area (Å²) in [6.07, 6.45) is 2.19. The van der Waals surface area contributed by atoms with E-state index in [1.54, 1.807) is 6.20 Å². The number of hydrogen-bond donors (Lipinski definition) is 2. The van der Waals surface area contributed by atoms with Crippen molar-refractivity contribution in [3.05, 3.63) is 101 Å². The summed E-state index contributed by atoms with van der Waals surface area (Å²) in [5, 5.41) is 7.67. The van der Waals surface area contributed by atoms with Crippen molar-refractivity contribution in [1.29, 1.82) is 0 Å². The number of pyridine rings is 1. The average molecular weight is 531 g/mol. The van der Waals surface area contributed by atoms with Gasteiger partial charge in [-0.25, -0.2) is 0 Å². The molecule has 2 aromatic heterocycles. The lowest BCUT2D eigenvalue weighted by molar-refractivity contribution is -0.115. The van der Waals surface area contributed by atoms with Gasteiger partial charge in [-0.05, 0) is 85.7 Å². The van der Waals surface area contributed by atoms with Crippen LogP contribution in [0.4, 0.5) is 11.4 Å². The molecule has 2 atom stereocenters. The largest absolute Gasteiger partial charge is 0.459 e. The third-order valence-corrected chi connectivity index (χ3v) is 7.36. The Morgan fingerprint density at radius 1 is 1.14 bits per heavy atom. The van der Waals surface area contributed by atoms with Crippen molar-refractivity contribution in [3.63, 3.8) is 0 Å². The molecule has 4 aromatic rings. The van der Waals surface area contributed by atoms with Crippen LogP contribution in [-0.2, 0) is 4.79 Å². The number of furan rings is 1. The van der Waals surface area contributed by atoms with Gasteiger partial charge in [0.15, 0.2) is 5.11 Å². The Labute approximate surface area is 226 Å². The highest BCUT2D eigenvalue weighted by Crippen LogP contribution is 2.44. The number of anilines is 2. The lowest BCUT2D eigenvalue weighted by atomic mass is 10.0. The molecule has 2 N–H and O–H groups in total. The summed E-state index contributed by atoms with van der Waals surface area (Å²) in [4.78, 5) is 18.6. The number of halogens is 1. The maximum absolute atomic E-state index is 11.9. The Morgan fingerprint density at radius 2 is 1.97 bits per heavy atom. The van der Waals surface area contributed by atoms with Gasteiger partial charge in [0, 0.05) is 34.6 Å². The first-order chi connectivity index (χ1) is 17.9. The van der Waals surface area contributed by atoms with Crippen LogP contribution in [0, 0.1) is 13.8 Å². The molecule has 0 unspecified atom stereocenters. The Balaban J connectivity index is 1.58. The van der Waals surface area contributed by atoms with Crippen molar-refractivity contribution in [3.8, 4) is 11.3 Å². The molecule has 1 aliphatic heterocycles. The number of benzene rings is 2. The fourth-order valence-corrected chi connectivity index (χ4v) is 5.15. The Morgan fingerprint density at radius 3 is 2.70 bits per heavy atom. The average Bonchev–Trinajstić information content (AvgIpc) is 3.52. The summed E-state index contributed by atoms with van der Waals surface area (Å²) < 4.78 is 6.48. The van der Waals surface area contributed by atoms with Gasteiger partial charge < -0.3 is 20.0 Å². The van der Waals surface area contributed by atoms with Crippen molar-refractivity contribution in [1.82, 2.24) is 10.3 Å². The lowest BCUT2D eigenvalue weighted by Gasteiger charge is -2.27. The van der Waals surface area contributed by atoms with Gasteiger partial charge in [0.2, 0.25) is 5.91 Å². The number of rotatable bonds is 6.